The Morgan fingerprint density at radius 3 is 2.67 bits per heavy atom. The Hall–Kier alpha value is -2.49. The van der Waals surface area contributed by atoms with Gasteiger partial charge in [0.25, 0.3) is 5.91 Å². The second-order valence-electron chi connectivity index (χ2n) is 8.27. The Morgan fingerprint density at radius 2 is 1.94 bits per heavy atom. The van der Waals surface area contributed by atoms with E-state index in [0.717, 1.165) is 53.1 Å². The zero-order chi connectivity index (χ0) is 23.6. The maximum absolute atomic E-state index is 13.4. The van der Waals surface area contributed by atoms with Gasteiger partial charge in [0.15, 0.2) is 5.13 Å². The van der Waals surface area contributed by atoms with Crippen molar-refractivity contribution in [3.8, 4) is 0 Å². The molecule has 9 heteroatoms. The van der Waals surface area contributed by atoms with E-state index in [4.69, 9.17) is 4.74 Å². The fraction of sp³-hybridized carbons (Fsp3) is 0.417. The lowest BCUT2D eigenvalue weighted by atomic mass is 10.1. The molecule has 176 valence electrons. The average molecular weight is 478 g/mol. The Balaban J connectivity index is 1.63. The number of hydrogen-bond acceptors (Lipinski definition) is 5. The van der Waals surface area contributed by atoms with Crippen molar-refractivity contribution >= 4 is 32.6 Å². The molecule has 1 aliphatic rings. The molecule has 2 heterocycles. The summed E-state index contributed by atoms with van der Waals surface area (Å²) < 4.78 is 46.1. The van der Waals surface area contributed by atoms with E-state index in [1.54, 1.807) is 0 Å². The van der Waals surface area contributed by atoms with Crippen LogP contribution in [0.25, 0.3) is 10.2 Å². The molecule has 4 rings (SSSR count). The van der Waals surface area contributed by atoms with Crippen LogP contribution in [-0.4, -0.2) is 55.2 Å². The van der Waals surface area contributed by atoms with E-state index in [1.165, 1.54) is 28.4 Å². The van der Waals surface area contributed by atoms with Gasteiger partial charge in [0.05, 0.1) is 29.0 Å². The molecule has 0 spiro atoms. The number of morpholine rings is 1. The number of carbonyl (C=O) groups excluding carboxylic acids is 1. The fourth-order valence-corrected chi connectivity index (χ4v) is 5.07. The maximum Gasteiger partial charge on any atom is 0.416 e. The van der Waals surface area contributed by atoms with Crippen molar-refractivity contribution < 1.29 is 22.7 Å². The van der Waals surface area contributed by atoms with E-state index in [9.17, 15) is 18.0 Å². The molecule has 0 saturated carbocycles. The Bertz CT molecular complexity index is 1140. The minimum absolute atomic E-state index is 0.00311. The molecule has 0 unspecified atom stereocenters. The smallest absolute Gasteiger partial charge is 0.379 e. The topological polar surface area (TPSA) is 45.7 Å². The lowest BCUT2D eigenvalue weighted by Crippen LogP contribution is -2.39. The van der Waals surface area contributed by atoms with E-state index in [-0.39, 0.29) is 5.56 Å². The van der Waals surface area contributed by atoms with Crippen LogP contribution >= 0.6 is 11.3 Å². The van der Waals surface area contributed by atoms with E-state index < -0.39 is 17.6 Å². The van der Waals surface area contributed by atoms with E-state index in [2.05, 4.69) is 16.0 Å². The first-order valence-electron chi connectivity index (χ1n) is 10.9. The van der Waals surface area contributed by atoms with Crippen LogP contribution in [0.5, 0.6) is 0 Å². The number of halogens is 3. The van der Waals surface area contributed by atoms with Crippen LogP contribution in [0.1, 0.15) is 33.5 Å². The number of rotatable bonds is 6. The molecule has 0 N–H and O–H groups in total. The summed E-state index contributed by atoms with van der Waals surface area (Å²) in [6.07, 6.45) is -3.83. The third-order valence-electron chi connectivity index (χ3n) is 5.68. The predicted octanol–water partition coefficient (Wildman–Crippen LogP) is 5.30. The summed E-state index contributed by atoms with van der Waals surface area (Å²) in [6.45, 7) is 8.16. The number of ether oxygens (including phenoxy) is 1. The van der Waals surface area contributed by atoms with Gasteiger partial charge in [0, 0.05) is 31.7 Å². The zero-order valence-corrected chi connectivity index (χ0v) is 19.4. The van der Waals surface area contributed by atoms with Gasteiger partial charge in [-0.05, 0) is 55.7 Å². The Morgan fingerprint density at radius 1 is 1.18 bits per heavy atom. The first-order valence-corrected chi connectivity index (χ1v) is 11.7. The molecule has 3 aromatic rings. The average Bonchev–Trinajstić information content (AvgIpc) is 3.20. The van der Waals surface area contributed by atoms with Gasteiger partial charge in [-0.1, -0.05) is 23.5 Å². The second kappa shape index (κ2) is 9.79. The van der Waals surface area contributed by atoms with Gasteiger partial charge in [0.2, 0.25) is 0 Å². The third kappa shape index (κ3) is 5.54. The Labute approximate surface area is 194 Å². The van der Waals surface area contributed by atoms with Gasteiger partial charge in [-0.3, -0.25) is 14.6 Å². The molecule has 0 bridgehead atoms. The number of alkyl halides is 3. The van der Waals surface area contributed by atoms with Crippen LogP contribution in [0, 0.1) is 13.8 Å². The summed E-state index contributed by atoms with van der Waals surface area (Å²) in [4.78, 5) is 21.9. The standard InChI is InChI=1S/C24H26F3N3O2S/c1-16-13-17(2)21-20(14-16)28-23(33-21)30(8-4-7-29-9-11-32-12-10-29)22(31)18-5-3-6-19(15-18)24(25,26)27/h3,5-6,13-15H,4,7-12H2,1-2H3. The molecule has 0 atom stereocenters. The van der Waals surface area contributed by atoms with E-state index in [1.807, 2.05) is 19.9 Å². The number of anilines is 1. The summed E-state index contributed by atoms with van der Waals surface area (Å²) in [5.41, 5.74) is 2.09. The van der Waals surface area contributed by atoms with Crippen molar-refractivity contribution in [1.29, 1.82) is 0 Å². The van der Waals surface area contributed by atoms with Crippen molar-refractivity contribution in [2.24, 2.45) is 0 Å². The molecule has 5 nitrogen and oxygen atoms in total. The molecule has 1 saturated heterocycles. The number of thiazole rings is 1. The maximum atomic E-state index is 13.4. The first kappa shape index (κ1) is 23.7. The highest BCUT2D eigenvalue weighted by molar-refractivity contribution is 7.22. The van der Waals surface area contributed by atoms with E-state index in [0.29, 0.717) is 31.3 Å². The van der Waals surface area contributed by atoms with Crippen molar-refractivity contribution in [2.45, 2.75) is 26.4 Å². The Kier molecular flexibility index (Phi) is 7.02. The minimum atomic E-state index is -4.51. The van der Waals surface area contributed by atoms with Crippen LogP contribution in [0.4, 0.5) is 18.3 Å². The molecule has 33 heavy (non-hydrogen) atoms. The van der Waals surface area contributed by atoms with Gasteiger partial charge in [-0.25, -0.2) is 4.98 Å². The second-order valence-corrected chi connectivity index (χ2v) is 9.25. The number of benzene rings is 2. The van der Waals surface area contributed by atoms with Crippen molar-refractivity contribution in [2.75, 3.05) is 44.3 Å². The number of nitrogens with zero attached hydrogens (tertiary/aromatic N) is 3. The molecule has 2 aromatic carbocycles. The van der Waals surface area contributed by atoms with Crippen LogP contribution in [0.2, 0.25) is 0 Å². The molecule has 1 amide bonds. The molecule has 1 aromatic heterocycles. The molecule has 1 aliphatic heterocycles. The molecular weight excluding hydrogens is 451 g/mol. The van der Waals surface area contributed by atoms with Crippen molar-refractivity contribution in [3.63, 3.8) is 0 Å². The van der Waals surface area contributed by atoms with Gasteiger partial charge < -0.3 is 4.74 Å². The van der Waals surface area contributed by atoms with Crippen LogP contribution in [0.3, 0.4) is 0 Å². The van der Waals surface area contributed by atoms with Crippen molar-refractivity contribution in [1.82, 2.24) is 9.88 Å². The summed E-state index contributed by atoms with van der Waals surface area (Å²) in [6, 6.07) is 8.61. The summed E-state index contributed by atoms with van der Waals surface area (Å²) in [5.74, 6) is -0.475. The fourth-order valence-electron chi connectivity index (χ4n) is 4.03. The van der Waals surface area contributed by atoms with Crippen LogP contribution in [-0.2, 0) is 10.9 Å². The largest absolute Gasteiger partial charge is 0.416 e. The third-order valence-corrected chi connectivity index (χ3v) is 6.91. The number of fused-ring (bicyclic) bond motifs is 1. The van der Waals surface area contributed by atoms with Gasteiger partial charge in [-0.2, -0.15) is 13.2 Å². The zero-order valence-electron chi connectivity index (χ0n) is 18.6. The SMILES string of the molecule is Cc1cc(C)c2sc(N(CCCN3CCOCC3)C(=O)c3cccc(C(F)(F)F)c3)nc2c1. The molecule has 0 radical (unpaired) electrons. The van der Waals surface area contributed by atoms with Crippen LogP contribution in [0.15, 0.2) is 36.4 Å². The summed E-state index contributed by atoms with van der Waals surface area (Å²) in [5, 5.41) is 0.503. The van der Waals surface area contributed by atoms with Gasteiger partial charge in [-0.15, -0.1) is 0 Å². The summed E-state index contributed by atoms with van der Waals surface area (Å²) >= 11 is 1.40. The molecule has 0 aliphatic carbocycles. The van der Waals surface area contributed by atoms with Crippen molar-refractivity contribution in [3.05, 3.63) is 58.7 Å². The number of hydrogen-bond donors (Lipinski definition) is 0. The highest BCUT2D eigenvalue weighted by atomic mass is 32.1. The van der Waals surface area contributed by atoms with Crippen LogP contribution < -0.4 is 4.90 Å². The number of aryl methyl sites for hydroxylation is 2. The number of carbonyl (C=O) groups is 1. The van der Waals surface area contributed by atoms with E-state index >= 15 is 0 Å². The van der Waals surface area contributed by atoms with Gasteiger partial charge >= 0.3 is 6.18 Å². The quantitative estimate of drug-likeness (QED) is 0.483. The number of amides is 1. The highest BCUT2D eigenvalue weighted by Crippen LogP contribution is 2.34. The summed E-state index contributed by atoms with van der Waals surface area (Å²) in [7, 11) is 0. The van der Waals surface area contributed by atoms with Gasteiger partial charge in [0.1, 0.15) is 0 Å². The lowest BCUT2D eigenvalue weighted by Gasteiger charge is -2.27. The normalized spacial score (nSPS) is 15.2. The lowest BCUT2D eigenvalue weighted by molar-refractivity contribution is -0.137. The first-order chi connectivity index (χ1) is 15.7. The molecular formula is C24H26F3N3O2S. The monoisotopic (exact) mass is 477 g/mol. The predicted molar refractivity (Wildman–Crippen MR) is 124 cm³/mol. The highest BCUT2D eigenvalue weighted by Gasteiger charge is 2.32. The number of aromatic nitrogens is 1. The molecule has 1 fully saturated rings. The minimum Gasteiger partial charge on any atom is -0.379 e.